The molecule has 17 heteroatoms. The van der Waals surface area contributed by atoms with Crippen molar-refractivity contribution in [3.05, 3.63) is 131 Å². The van der Waals surface area contributed by atoms with Gasteiger partial charge in [-0.1, -0.05) is 59.6 Å². The first-order chi connectivity index (χ1) is 27.6. The van der Waals surface area contributed by atoms with E-state index in [1.807, 2.05) is 6.08 Å². The van der Waals surface area contributed by atoms with Crippen molar-refractivity contribution in [2.24, 2.45) is 23.7 Å². The quantitative estimate of drug-likeness (QED) is 0.0824. The van der Waals surface area contributed by atoms with Crippen molar-refractivity contribution in [2.75, 3.05) is 35.9 Å². The van der Waals surface area contributed by atoms with Gasteiger partial charge in [-0.3, -0.25) is 39.4 Å². The van der Waals surface area contributed by atoms with Gasteiger partial charge in [-0.05, 0) is 76.1 Å². The van der Waals surface area contributed by atoms with Gasteiger partial charge in [0.25, 0.3) is 0 Å². The summed E-state index contributed by atoms with van der Waals surface area (Å²) >= 11 is 9.83. The largest absolute Gasteiger partial charge is 0.503 e. The van der Waals surface area contributed by atoms with E-state index in [4.69, 9.17) is 16.3 Å². The number of carbonyl (C=O) groups is 4. The number of halogens is 2. The van der Waals surface area contributed by atoms with E-state index in [0.29, 0.717) is 21.7 Å². The van der Waals surface area contributed by atoms with Crippen molar-refractivity contribution in [1.29, 1.82) is 0 Å². The smallest absolute Gasteiger partial charge is 0.301 e. The number of imide groups is 2. The molecule has 58 heavy (non-hydrogen) atoms. The highest BCUT2D eigenvalue weighted by molar-refractivity contribution is 9.10. The Bertz CT molecular complexity index is 2500. The second-order valence-electron chi connectivity index (χ2n) is 14.9. The molecule has 0 bridgehead atoms. The number of fused-ring (bicyclic) bond motifs is 4. The molecule has 4 aromatic rings. The molecule has 3 fully saturated rings. The monoisotopic (exact) mass is 869 g/mol. The summed E-state index contributed by atoms with van der Waals surface area (Å²) < 4.78 is 5.79. The molecule has 1 saturated carbocycles. The topological polar surface area (TPSA) is 194 Å². The van der Waals surface area contributed by atoms with Crippen LogP contribution in [0.5, 0.6) is 11.5 Å². The third-order valence-electron chi connectivity index (χ3n) is 11.9. The van der Waals surface area contributed by atoms with Gasteiger partial charge in [-0.2, -0.15) is 0 Å². The highest BCUT2D eigenvalue weighted by Gasteiger charge is 2.70. The van der Waals surface area contributed by atoms with Gasteiger partial charge in [0, 0.05) is 37.2 Å². The number of phenolic OH excluding ortho intramolecular Hbond substituents is 1. The number of phenols is 1. The van der Waals surface area contributed by atoms with Gasteiger partial charge in [-0.25, -0.2) is 9.80 Å². The Morgan fingerprint density at radius 2 is 1.53 bits per heavy atom. The summed E-state index contributed by atoms with van der Waals surface area (Å²) in [5.74, 6) is -7.67. The van der Waals surface area contributed by atoms with Gasteiger partial charge < -0.3 is 14.7 Å². The summed E-state index contributed by atoms with van der Waals surface area (Å²) in [5, 5.41) is 35.7. The second-order valence-corrected chi connectivity index (χ2v) is 16.2. The lowest BCUT2D eigenvalue weighted by Gasteiger charge is -2.50. The zero-order valence-corrected chi connectivity index (χ0v) is 33.3. The fourth-order valence-electron chi connectivity index (χ4n) is 9.74. The minimum absolute atomic E-state index is 0.0140. The van der Waals surface area contributed by atoms with Crippen molar-refractivity contribution in [2.45, 2.75) is 24.2 Å². The molecule has 1 N–H and O–H groups in total. The number of nitro benzene ring substituents is 2. The maximum atomic E-state index is 15.5. The molecule has 4 amide bonds. The Balaban J connectivity index is 1.35. The summed E-state index contributed by atoms with van der Waals surface area (Å²) in [5.41, 5.74) is -1.76. The Labute approximate surface area is 343 Å². The van der Waals surface area contributed by atoms with Gasteiger partial charge >= 0.3 is 11.4 Å². The fourth-order valence-corrected chi connectivity index (χ4v) is 10.4. The van der Waals surface area contributed by atoms with Gasteiger partial charge in [0.1, 0.15) is 0 Å². The van der Waals surface area contributed by atoms with Crippen molar-refractivity contribution in [3.63, 3.8) is 0 Å². The van der Waals surface area contributed by atoms with Gasteiger partial charge in [0.15, 0.2) is 17.2 Å². The number of anilines is 3. The minimum atomic E-state index is -1.62. The van der Waals surface area contributed by atoms with E-state index in [9.17, 15) is 34.9 Å². The van der Waals surface area contributed by atoms with Crippen molar-refractivity contribution < 1.29 is 38.9 Å². The first-order valence-electron chi connectivity index (χ1n) is 18.1. The lowest BCUT2D eigenvalue weighted by Crippen LogP contribution is -2.53. The number of nitrogens with zero attached hydrogens (tertiary/aromatic N) is 5. The maximum absolute atomic E-state index is 15.5. The Morgan fingerprint density at radius 3 is 2.14 bits per heavy atom. The molecule has 0 spiro atoms. The Hall–Kier alpha value is -6.13. The number of hydrogen-bond donors (Lipinski definition) is 1. The number of nitro groups is 2. The van der Waals surface area contributed by atoms with E-state index in [-0.39, 0.29) is 45.9 Å². The van der Waals surface area contributed by atoms with Crippen LogP contribution in [0.4, 0.5) is 28.4 Å². The summed E-state index contributed by atoms with van der Waals surface area (Å²) in [6.07, 6.45) is 1.78. The van der Waals surface area contributed by atoms with Gasteiger partial charge in [-0.15, -0.1) is 0 Å². The lowest BCUT2D eigenvalue weighted by atomic mass is 9.49. The van der Waals surface area contributed by atoms with Crippen molar-refractivity contribution >= 4 is 79.6 Å². The summed E-state index contributed by atoms with van der Waals surface area (Å²) in [4.78, 5) is 85.7. The Morgan fingerprint density at radius 1 is 0.862 bits per heavy atom. The molecule has 4 aliphatic rings. The van der Waals surface area contributed by atoms with Crippen LogP contribution in [0.25, 0.3) is 0 Å². The maximum Gasteiger partial charge on any atom is 0.301 e. The van der Waals surface area contributed by atoms with E-state index in [1.54, 1.807) is 60.7 Å². The number of allylic oxidation sites excluding steroid dienone is 2. The zero-order valence-electron chi connectivity index (χ0n) is 31.0. The van der Waals surface area contributed by atoms with E-state index in [0.717, 1.165) is 21.9 Å². The summed E-state index contributed by atoms with van der Waals surface area (Å²) in [6.45, 7) is 0. The van der Waals surface area contributed by atoms with Crippen LogP contribution in [-0.4, -0.2) is 59.8 Å². The van der Waals surface area contributed by atoms with Crippen LogP contribution >= 0.6 is 27.5 Å². The third-order valence-corrected chi connectivity index (χ3v) is 12.8. The SMILES string of the molecule is COc1cc(C2C3=CCC4C(=O)N(c5cc([N+](=O)[O-])c(N(C)C)c([N+](=O)[O-])c5)C(=O)C4C3CC3C(=O)N(c4cccc(Cl)c4)C(=O)C32c2ccccc2)cc(Br)c1O. The average molecular weight is 871 g/mol. The summed E-state index contributed by atoms with van der Waals surface area (Å²) in [7, 11) is 4.18. The van der Waals surface area contributed by atoms with Crippen molar-refractivity contribution in [1.82, 2.24) is 0 Å². The number of aromatic hydroxyl groups is 1. The molecule has 6 atom stereocenters. The van der Waals surface area contributed by atoms with E-state index in [1.165, 1.54) is 32.2 Å². The number of hydrogen-bond acceptors (Lipinski definition) is 11. The van der Waals surface area contributed by atoms with Crippen LogP contribution in [0.15, 0.2) is 95.0 Å². The molecular formula is C41H33BrClN5O10. The van der Waals surface area contributed by atoms with Gasteiger partial charge in [0.05, 0.1) is 56.0 Å². The van der Waals surface area contributed by atoms with Crippen LogP contribution in [0.2, 0.25) is 5.02 Å². The Kier molecular flexibility index (Phi) is 9.39. The highest BCUT2D eigenvalue weighted by atomic mass is 79.9. The van der Waals surface area contributed by atoms with Crippen LogP contribution in [0, 0.1) is 43.9 Å². The lowest BCUT2D eigenvalue weighted by molar-refractivity contribution is -0.392. The van der Waals surface area contributed by atoms with Crippen LogP contribution in [-0.2, 0) is 24.6 Å². The van der Waals surface area contributed by atoms with Crippen LogP contribution in [0.3, 0.4) is 0 Å². The molecule has 2 saturated heterocycles. The van der Waals surface area contributed by atoms with E-state index < -0.39 is 79.9 Å². The van der Waals surface area contributed by atoms with E-state index >= 15 is 9.59 Å². The first-order valence-corrected chi connectivity index (χ1v) is 19.3. The highest BCUT2D eigenvalue weighted by Crippen LogP contribution is 2.65. The molecule has 2 aliphatic heterocycles. The number of rotatable bonds is 8. The molecule has 8 rings (SSSR count). The second kappa shape index (κ2) is 14.1. The first kappa shape index (κ1) is 38.7. The number of methoxy groups -OCH3 is 1. The minimum Gasteiger partial charge on any atom is -0.503 e. The molecule has 296 valence electrons. The van der Waals surface area contributed by atoms with Crippen LogP contribution < -0.4 is 19.4 Å². The average Bonchev–Trinajstić information content (AvgIpc) is 3.59. The number of amides is 4. The molecule has 0 radical (unpaired) electrons. The fraction of sp³-hybridized carbons (Fsp3) is 0.268. The number of benzene rings is 4. The predicted octanol–water partition coefficient (Wildman–Crippen LogP) is 7.07. The molecule has 2 heterocycles. The third kappa shape index (κ3) is 5.52. The molecule has 2 aliphatic carbocycles. The molecule has 0 aromatic heterocycles. The molecular weight excluding hydrogens is 838 g/mol. The number of carbonyl (C=O) groups excluding carboxylic acids is 4. The molecule has 15 nitrogen and oxygen atoms in total. The predicted molar refractivity (Wildman–Crippen MR) is 215 cm³/mol. The number of ether oxygens (including phenoxy) is 1. The molecule has 6 unspecified atom stereocenters. The standard InChI is InChI=1S/C41H33BrClN5O10/c1-44(2)35-30(47(54)55)17-24(18-31(35)48(56)57)45-37(50)26-13-12-25-27(33(26)39(45)52)19-28-38(51)46(23-11-7-10-22(43)16-23)40(53)41(28,21-8-5-4-6-9-21)34(25)20-14-29(42)36(49)32(15-20)58-3/h4-12,14-18,26-28,33-34,49H,13,19H2,1-3H3. The van der Waals surface area contributed by atoms with E-state index in [2.05, 4.69) is 15.9 Å². The molecule has 4 aromatic carbocycles. The summed E-state index contributed by atoms with van der Waals surface area (Å²) in [6, 6.07) is 20.4. The zero-order chi connectivity index (χ0) is 41.5. The van der Waals surface area contributed by atoms with Crippen molar-refractivity contribution in [3.8, 4) is 11.5 Å². The van der Waals surface area contributed by atoms with Crippen LogP contribution in [0.1, 0.15) is 29.9 Å². The normalized spacial score (nSPS) is 24.9. The van der Waals surface area contributed by atoms with Gasteiger partial charge in [0.2, 0.25) is 23.6 Å².